The quantitative estimate of drug-likeness (QED) is 0.942. The molecule has 1 fully saturated rings. The lowest BCUT2D eigenvalue weighted by Crippen LogP contribution is -2.41. The molecule has 2 aromatic heterocycles. The Hall–Kier alpha value is -1.69. The molecule has 5 nitrogen and oxygen atoms in total. The van der Waals surface area contributed by atoms with Crippen LogP contribution in [0.1, 0.15) is 34.1 Å². The number of nitrogens with one attached hydrogen (secondary N) is 1. The average Bonchev–Trinajstić information content (AvgIpc) is 3.09. The highest BCUT2D eigenvalue weighted by Gasteiger charge is 2.25. The summed E-state index contributed by atoms with van der Waals surface area (Å²) in [7, 11) is 0. The summed E-state index contributed by atoms with van der Waals surface area (Å²) >= 11 is 1.64. The average molecular weight is 318 g/mol. The number of carbonyl (C=O) groups is 1. The predicted octanol–water partition coefficient (Wildman–Crippen LogP) is 2.51. The molecule has 1 aliphatic heterocycles. The summed E-state index contributed by atoms with van der Waals surface area (Å²) in [5.74, 6) is 0.767. The fourth-order valence-corrected chi connectivity index (χ4v) is 4.08. The molecule has 0 radical (unpaired) electrons. The molecule has 0 saturated carbocycles. The second kappa shape index (κ2) is 6.60. The van der Waals surface area contributed by atoms with Gasteiger partial charge in [0.25, 0.3) is 0 Å². The Kier molecular flexibility index (Phi) is 4.57. The van der Waals surface area contributed by atoms with Gasteiger partial charge in [0, 0.05) is 29.9 Å². The number of rotatable bonds is 4. The van der Waals surface area contributed by atoms with Gasteiger partial charge in [0.05, 0.1) is 17.1 Å². The highest BCUT2D eigenvalue weighted by atomic mass is 32.1. The fraction of sp³-hybridized carbons (Fsp3) is 0.562. The van der Waals surface area contributed by atoms with Crippen LogP contribution in [0.5, 0.6) is 0 Å². The van der Waals surface area contributed by atoms with Crippen molar-refractivity contribution in [3.8, 4) is 0 Å². The second-order valence-electron chi connectivity index (χ2n) is 6.05. The Bertz CT molecular complexity index is 635. The van der Waals surface area contributed by atoms with E-state index in [9.17, 15) is 4.79 Å². The minimum absolute atomic E-state index is 0.237. The summed E-state index contributed by atoms with van der Waals surface area (Å²) < 4.78 is 0. The number of carbonyl (C=O) groups excluding carboxylic acids is 1. The van der Waals surface area contributed by atoms with E-state index in [1.807, 2.05) is 24.8 Å². The maximum absolute atomic E-state index is 12.6. The summed E-state index contributed by atoms with van der Waals surface area (Å²) in [4.78, 5) is 20.1. The molecule has 3 heterocycles. The number of amides is 1. The number of aromatic amines is 1. The Morgan fingerprint density at radius 3 is 3.05 bits per heavy atom. The largest absolute Gasteiger partial charge is 0.342 e. The van der Waals surface area contributed by atoms with Crippen molar-refractivity contribution in [2.24, 2.45) is 5.92 Å². The summed E-state index contributed by atoms with van der Waals surface area (Å²) in [6.45, 7) is 5.72. The zero-order chi connectivity index (χ0) is 15.5. The van der Waals surface area contributed by atoms with Gasteiger partial charge in [-0.25, -0.2) is 4.98 Å². The number of likely N-dealkylation sites (tertiary alicyclic amines) is 1. The lowest BCUT2D eigenvalue weighted by molar-refractivity contribution is -0.132. The third kappa shape index (κ3) is 3.55. The van der Waals surface area contributed by atoms with Crippen molar-refractivity contribution in [2.45, 2.75) is 39.5 Å². The number of H-pyrrole nitrogens is 1. The van der Waals surface area contributed by atoms with Crippen LogP contribution >= 0.6 is 11.3 Å². The summed E-state index contributed by atoms with van der Waals surface area (Å²) in [5, 5.41) is 8.06. The lowest BCUT2D eigenvalue weighted by atomic mass is 9.93. The Morgan fingerprint density at radius 2 is 2.36 bits per heavy atom. The molecule has 0 bridgehead atoms. The van der Waals surface area contributed by atoms with Gasteiger partial charge in [0.1, 0.15) is 0 Å². The van der Waals surface area contributed by atoms with Crippen molar-refractivity contribution >= 4 is 17.2 Å². The standard InChI is InChI=1S/C16H22N4OS/c1-11-15(22-12(2)18-11)9-16(21)20-7-3-4-13(10-20)8-14-5-6-17-19-14/h5-6,13H,3-4,7-10H2,1-2H3,(H,17,19)/t13-/m0/s1. The van der Waals surface area contributed by atoms with Gasteiger partial charge in [0.2, 0.25) is 5.91 Å². The Balaban J connectivity index is 1.59. The molecular formula is C16H22N4OS. The third-order valence-corrected chi connectivity index (χ3v) is 5.32. The number of aromatic nitrogens is 3. The molecule has 1 aliphatic rings. The Labute approximate surface area is 134 Å². The van der Waals surface area contributed by atoms with Crippen molar-refractivity contribution in [3.63, 3.8) is 0 Å². The van der Waals surface area contributed by atoms with Crippen LogP contribution in [0.3, 0.4) is 0 Å². The molecule has 1 N–H and O–H groups in total. The van der Waals surface area contributed by atoms with E-state index in [-0.39, 0.29) is 5.91 Å². The number of hydrogen-bond donors (Lipinski definition) is 1. The monoisotopic (exact) mass is 318 g/mol. The van der Waals surface area contributed by atoms with E-state index in [1.54, 1.807) is 17.5 Å². The van der Waals surface area contributed by atoms with Gasteiger partial charge in [-0.3, -0.25) is 9.89 Å². The number of piperidine rings is 1. The van der Waals surface area contributed by atoms with E-state index < -0.39 is 0 Å². The number of nitrogens with zero attached hydrogens (tertiary/aromatic N) is 3. The van der Waals surface area contributed by atoms with E-state index >= 15 is 0 Å². The number of aryl methyl sites for hydroxylation is 2. The van der Waals surface area contributed by atoms with Gasteiger partial charge in [-0.2, -0.15) is 5.10 Å². The molecule has 118 valence electrons. The minimum atomic E-state index is 0.237. The number of hydrogen-bond acceptors (Lipinski definition) is 4. The zero-order valence-corrected chi connectivity index (χ0v) is 13.9. The van der Waals surface area contributed by atoms with Gasteiger partial charge in [-0.1, -0.05) is 0 Å². The first-order chi connectivity index (χ1) is 10.6. The highest BCUT2D eigenvalue weighted by Crippen LogP contribution is 2.23. The van der Waals surface area contributed by atoms with Gasteiger partial charge >= 0.3 is 0 Å². The van der Waals surface area contributed by atoms with Crippen molar-refractivity contribution in [3.05, 3.63) is 33.5 Å². The molecule has 0 aromatic carbocycles. The normalized spacial score (nSPS) is 18.6. The zero-order valence-electron chi connectivity index (χ0n) is 13.1. The minimum Gasteiger partial charge on any atom is -0.342 e. The van der Waals surface area contributed by atoms with Crippen molar-refractivity contribution in [1.82, 2.24) is 20.1 Å². The second-order valence-corrected chi connectivity index (χ2v) is 7.34. The first kappa shape index (κ1) is 15.2. The first-order valence-corrected chi connectivity index (χ1v) is 8.62. The Morgan fingerprint density at radius 1 is 1.50 bits per heavy atom. The molecule has 1 amide bonds. The number of thiazole rings is 1. The van der Waals surface area contributed by atoms with Crippen LogP contribution in [0, 0.1) is 19.8 Å². The third-order valence-electron chi connectivity index (χ3n) is 4.25. The topological polar surface area (TPSA) is 61.9 Å². The van der Waals surface area contributed by atoms with Gasteiger partial charge in [-0.15, -0.1) is 11.3 Å². The van der Waals surface area contributed by atoms with Gasteiger partial charge in [-0.05, 0) is 45.1 Å². The smallest absolute Gasteiger partial charge is 0.227 e. The summed E-state index contributed by atoms with van der Waals surface area (Å²) in [6, 6.07) is 2.02. The van der Waals surface area contributed by atoms with Crippen LogP contribution < -0.4 is 0 Å². The maximum atomic E-state index is 12.6. The maximum Gasteiger partial charge on any atom is 0.227 e. The van der Waals surface area contributed by atoms with Gasteiger partial charge < -0.3 is 4.90 Å². The summed E-state index contributed by atoms with van der Waals surface area (Å²) in [5.41, 5.74) is 2.16. The highest BCUT2D eigenvalue weighted by molar-refractivity contribution is 7.11. The predicted molar refractivity (Wildman–Crippen MR) is 86.9 cm³/mol. The van der Waals surface area contributed by atoms with E-state index in [4.69, 9.17) is 0 Å². The van der Waals surface area contributed by atoms with E-state index in [0.29, 0.717) is 12.3 Å². The first-order valence-electron chi connectivity index (χ1n) is 7.80. The van der Waals surface area contributed by atoms with E-state index in [1.165, 1.54) is 6.42 Å². The van der Waals surface area contributed by atoms with Crippen LogP contribution in [0.15, 0.2) is 12.3 Å². The molecule has 1 saturated heterocycles. The molecule has 22 heavy (non-hydrogen) atoms. The van der Waals surface area contributed by atoms with Gasteiger partial charge in [0.15, 0.2) is 0 Å². The van der Waals surface area contributed by atoms with Crippen LogP contribution in [0.2, 0.25) is 0 Å². The molecule has 6 heteroatoms. The van der Waals surface area contributed by atoms with Crippen LogP contribution in [0.4, 0.5) is 0 Å². The van der Waals surface area contributed by atoms with Crippen LogP contribution in [-0.2, 0) is 17.6 Å². The SMILES string of the molecule is Cc1nc(C)c(CC(=O)N2CCC[C@@H](Cc3ccn[nH]3)C2)s1. The van der Waals surface area contributed by atoms with Crippen molar-refractivity contribution in [2.75, 3.05) is 13.1 Å². The molecule has 0 aliphatic carbocycles. The molecule has 0 unspecified atom stereocenters. The van der Waals surface area contributed by atoms with Crippen LogP contribution in [0.25, 0.3) is 0 Å². The van der Waals surface area contributed by atoms with E-state index in [2.05, 4.69) is 15.2 Å². The fourth-order valence-electron chi connectivity index (χ4n) is 3.15. The van der Waals surface area contributed by atoms with Crippen molar-refractivity contribution in [1.29, 1.82) is 0 Å². The molecule has 0 spiro atoms. The summed E-state index contributed by atoms with van der Waals surface area (Å²) in [6.07, 6.45) is 5.53. The molecule has 2 aromatic rings. The van der Waals surface area contributed by atoms with Crippen molar-refractivity contribution < 1.29 is 4.79 Å². The molecule has 3 rings (SSSR count). The van der Waals surface area contributed by atoms with E-state index in [0.717, 1.165) is 47.2 Å². The molecular weight excluding hydrogens is 296 g/mol. The van der Waals surface area contributed by atoms with Crippen LogP contribution in [-0.4, -0.2) is 39.1 Å². The lowest BCUT2D eigenvalue weighted by Gasteiger charge is -2.32. The molecule has 1 atom stereocenters.